The van der Waals surface area contributed by atoms with Crippen molar-refractivity contribution in [3.05, 3.63) is 22.7 Å². The summed E-state index contributed by atoms with van der Waals surface area (Å²) < 4.78 is 30.8. The van der Waals surface area contributed by atoms with Crippen molar-refractivity contribution in [2.24, 2.45) is 0 Å². The molecule has 136 valence electrons. The number of methoxy groups -OCH3 is 1. The molecule has 0 aliphatic rings. The molecular formula is C15H24ClN3O4S. The molecule has 0 heterocycles. The Balaban J connectivity index is 3.00. The number of hydrogen-bond donors (Lipinski definition) is 2. The molecular weight excluding hydrogens is 354 g/mol. The van der Waals surface area contributed by atoms with Crippen LogP contribution in [-0.2, 0) is 10.0 Å². The van der Waals surface area contributed by atoms with Gasteiger partial charge >= 0.3 is 6.03 Å². The van der Waals surface area contributed by atoms with Crippen LogP contribution in [0.5, 0.6) is 5.75 Å². The number of nitrogens with zero attached hydrogens (tertiary/aromatic N) is 1. The number of anilines is 1. The molecule has 0 saturated carbocycles. The lowest BCUT2D eigenvalue weighted by Crippen LogP contribution is -2.44. The van der Waals surface area contributed by atoms with Gasteiger partial charge in [-0.05, 0) is 32.4 Å². The van der Waals surface area contributed by atoms with Crippen LogP contribution in [0.15, 0.2) is 12.1 Å². The molecule has 0 fully saturated rings. The number of hydrogen-bond acceptors (Lipinski definition) is 4. The number of ether oxygens (including phenoxy) is 1. The summed E-state index contributed by atoms with van der Waals surface area (Å²) in [6.07, 6.45) is 1.10. The van der Waals surface area contributed by atoms with Crippen LogP contribution < -0.4 is 19.7 Å². The van der Waals surface area contributed by atoms with E-state index in [4.69, 9.17) is 16.3 Å². The van der Waals surface area contributed by atoms with Crippen molar-refractivity contribution in [2.45, 2.75) is 26.8 Å². The normalized spacial score (nSPS) is 11.3. The quantitative estimate of drug-likeness (QED) is 0.761. The fraction of sp³-hybridized carbons (Fsp3) is 0.533. The Labute approximate surface area is 148 Å². The highest BCUT2D eigenvalue weighted by atomic mass is 35.5. The maximum atomic E-state index is 12.2. The Kier molecular flexibility index (Phi) is 7.16. The summed E-state index contributed by atoms with van der Waals surface area (Å²) in [5, 5.41) is 5.79. The van der Waals surface area contributed by atoms with E-state index in [9.17, 15) is 13.2 Å². The smallest absolute Gasteiger partial charge is 0.315 e. The van der Waals surface area contributed by atoms with Crippen molar-refractivity contribution >= 4 is 33.3 Å². The summed E-state index contributed by atoms with van der Waals surface area (Å²) in [7, 11) is -2.12. The summed E-state index contributed by atoms with van der Waals surface area (Å²) >= 11 is 6.06. The zero-order valence-electron chi connectivity index (χ0n) is 14.5. The summed E-state index contributed by atoms with van der Waals surface area (Å²) in [6, 6.07) is 2.87. The van der Waals surface area contributed by atoms with Crippen molar-refractivity contribution < 1.29 is 17.9 Å². The van der Waals surface area contributed by atoms with Gasteiger partial charge in [0, 0.05) is 23.7 Å². The van der Waals surface area contributed by atoms with Gasteiger partial charge in [0.1, 0.15) is 5.75 Å². The van der Waals surface area contributed by atoms with Crippen molar-refractivity contribution in [1.29, 1.82) is 0 Å². The van der Waals surface area contributed by atoms with Crippen LogP contribution in [0.25, 0.3) is 0 Å². The Morgan fingerprint density at radius 1 is 1.38 bits per heavy atom. The molecule has 7 nitrogen and oxygen atoms in total. The molecule has 1 aromatic carbocycles. The third-order valence-corrected chi connectivity index (χ3v) is 4.74. The first-order valence-electron chi connectivity index (χ1n) is 7.42. The van der Waals surface area contributed by atoms with E-state index >= 15 is 0 Å². The van der Waals surface area contributed by atoms with Gasteiger partial charge in [0.2, 0.25) is 10.0 Å². The first kappa shape index (κ1) is 20.4. The Morgan fingerprint density at radius 2 is 2.00 bits per heavy atom. The second-order valence-electron chi connectivity index (χ2n) is 5.66. The maximum absolute atomic E-state index is 12.2. The highest BCUT2D eigenvalue weighted by molar-refractivity contribution is 7.92. The van der Waals surface area contributed by atoms with Gasteiger partial charge < -0.3 is 15.4 Å². The lowest BCUT2D eigenvalue weighted by Gasteiger charge is -2.25. The second kappa shape index (κ2) is 8.43. The molecule has 0 aromatic heterocycles. The number of benzene rings is 1. The third kappa shape index (κ3) is 5.76. The molecule has 0 radical (unpaired) electrons. The topological polar surface area (TPSA) is 87.7 Å². The molecule has 2 amide bonds. The Hall–Kier alpha value is -1.67. The molecule has 0 bridgehead atoms. The first-order valence-corrected chi connectivity index (χ1v) is 9.65. The number of urea groups is 1. The largest absolute Gasteiger partial charge is 0.494 e. The van der Waals surface area contributed by atoms with E-state index < -0.39 is 10.0 Å². The molecule has 0 aliphatic carbocycles. The number of amides is 2. The van der Waals surface area contributed by atoms with E-state index in [-0.39, 0.29) is 25.2 Å². The van der Waals surface area contributed by atoms with Gasteiger partial charge in [0.15, 0.2) is 0 Å². The first-order chi connectivity index (χ1) is 11.1. The van der Waals surface area contributed by atoms with Gasteiger partial charge in [-0.25, -0.2) is 13.2 Å². The van der Waals surface area contributed by atoms with Crippen molar-refractivity contribution in [3.8, 4) is 5.75 Å². The van der Waals surface area contributed by atoms with E-state index in [1.54, 1.807) is 19.1 Å². The monoisotopic (exact) mass is 377 g/mol. The predicted octanol–water partition coefficient (Wildman–Crippen LogP) is 2.13. The van der Waals surface area contributed by atoms with Gasteiger partial charge in [-0.1, -0.05) is 11.6 Å². The minimum atomic E-state index is -3.56. The molecule has 1 rings (SSSR count). The lowest BCUT2D eigenvalue weighted by atomic mass is 10.2. The van der Waals surface area contributed by atoms with Crippen LogP contribution in [0, 0.1) is 6.92 Å². The fourth-order valence-corrected chi connectivity index (χ4v) is 3.13. The Bertz CT molecular complexity index is 692. The van der Waals surface area contributed by atoms with Gasteiger partial charge in [-0.15, -0.1) is 0 Å². The summed E-state index contributed by atoms with van der Waals surface area (Å²) in [5.41, 5.74) is 1.11. The van der Waals surface area contributed by atoms with E-state index in [1.165, 1.54) is 11.4 Å². The highest BCUT2D eigenvalue weighted by Crippen LogP contribution is 2.34. The zero-order chi connectivity index (χ0) is 18.5. The SMILES string of the molecule is COc1cc(Cl)c(C)cc1N(CCNC(=O)NC(C)C)S(C)(=O)=O. The van der Waals surface area contributed by atoms with Crippen LogP contribution in [-0.4, -0.2) is 46.9 Å². The average Bonchev–Trinajstić information content (AvgIpc) is 2.44. The number of halogens is 1. The molecule has 24 heavy (non-hydrogen) atoms. The fourth-order valence-electron chi connectivity index (χ4n) is 2.06. The third-order valence-electron chi connectivity index (χ3n) is 3.15. The minimum absolute atomic E-state index is 0.00461. The van der Waals surface area contributed by atoms with E-state index in [0.717, 1.165) is 11.8 Å². The molecule has 0 aliphatic heterocycles. The molecule has 0 saturated heterocycles. The predicted molar refractivity (Wildman–Crippen MR) is 96.6 cm³/mol. The van der Waals surface area contributed by atoms with Gasteiger partial charge in [-0.2, -0.15) is 0 Å². The highest BCUT2D eigenvalue weighted by Gasteiger charge is 2.22. The molecule has 0 atom stereocenters. The number of nitrogens with one attached hydrogen (secondary N) is 2. The number of carbonyl (C=O) groups is 1. The summed E-state index contributed by atoms with van der Waals surface area (Å²) in [5.74, 6) is 0.350. The number of aryl methyl sites for hydroxylation is 1. The standard InChI is InChI=1S/C15H24ClN3O4S/c1-10(2)18-15(20)17-6-7-19(24(5,21)22)13-8-11(3)12(16)9-14(13)23-4/h8-10H,6-7H2,1-5H3,(H2,17,18,20). The molecule has 0 unspecified atom stereocenters. The van der Waals surface area contributed by atoms with Crippen LogP contribution >= 0.6 is 11.6 Å². The Morgan fingerprint density at radius 3 is 2.50 bits per heavy atom. The molecule has 1 aromatic rings. The van der Waals surface area contributed by atoms with Crippen LogP contribution in [0.3, 0.4) is 0 Å². The second-order valence-corrected chi connectivity index (χ2v) is 7.98. The molecule has 0 spiro atoms. The average molecular weight is 378 g/mol. The van der Waals surface area contributed by atoms with Crippen LogP contribution in [0.4, 0.5) is 10.5 Å². The molecule has 2 N–H and O–H groups in total. The van der Waals surface area contributed by atoms with E-state index in [2.05, 4.69) is 10.6 Å². The molecule has 9 heteroatoms. The van der Waals surface area contributed by atoms with E-state index in [0.29, 0.717) is 16.5 Å². The number of sulfonamides is 1. The van der Waals surface area contributed by atoms with Crippen LogP contribution in [0.2, 0.25) is 5.02 Å². The zero-order valence-corrected chi connectivity index (χ0v) is 16.1. The van der Waals surface area contributed by atoms with Crippen LogP contribution in [0.1, 0.15) is 19.4 Å². The van der Waals surface area contributed by atoms with Crippen molar-refractivity contribution in [2.75, 3.05) is 30.8 Å². The summed E-state index contributed by atoms with van der Waals surface area (Å²) in [6.45, 7) is 5.67. The van der Waals surface area contributed by atoms with Gasteiger partial charge in [0.05, 0.1) is 25.6 Å². The lowest BCUT2D eigenvalue weighted by molar-refractivity contribution is 0.239. The summed E-state index contributed by atoms with van der Waals surface area (Å²) in [4.78, 5) is 11.6. The van der Waals surface area contributed by atoms with Gasteiger partial charge in [-0.3, -0.25) is 4.31 Å². The minimum Gasteiger partial charge on any atom is -0.494 e. The van der Waals surface area contributed by atoms with Crippen molar-refractivity contribution in [3.63, 3.8) is 0 Å². The van der Waals surface area contributed by atoms with Crippen molar-refractivity contribution in [1.82, 2.24) is 10.6 Å². The van der Waals surface area contributed by atoms with Gasteiger partial charge in [0.25, 0.3) is 0 Å². The maximum Gasteiger partial charge on any atom is 0.315 e. The number of rotatable bonds is 7. The number of carbonyl (C=O) groups excluding carboxylic acids is 1. The van der Waals surface area contributed by atoms with E-state index in [1.807, 2.05) is 13.8 Å².